The summed E-state index contributed by atoms with van der Waals surface area (Å²) in [6.07, 6.45) is -1.70. The van der Waals surface area contributed by atoms with Crippen molar-refractivity contribution in [2.24, 2.45) is 0 Å². The number of alkyl halides is 3. The Morgan fingerprint density at radius 1 is 1.24 bits per heavy atom. The number of aromatic amines is 1. The number of pyridine rings is 1. The van der Waals surface area contributed by atoms with Crippen LogP contribution in [-0.4, -0.2) is 15.9 Å². The average Bonchev–Trinajstić information content (AvgIpc) is 3.06. The van der Waals surface area contributed by atoms with Crippen molar-refractivity contribution in [1.29, 1.82) is 0 Å². The number of nitrogens with one attached hydrogen (secondary N) is 2. The van der Waals surface area contributed by atoms with Gasteiger partial charge in [0.2, 0.25) is 5.43 Å². The molecule has 0 aliphatic rings. The van der Waals surface area contributed by atoms with Gasteiger partial charge >= 0.3 is 6.18 Å². The summed E-state index contributed by atoms with van der Waals surface area (Å²) in [5, 5.41) is 4.10. The number of amides is 1. The lowest BCUT2D eigenvalue weighted by atomic mass is 10.1. The predicted octanol–water partition coefficient (Wildman–Crippen LogP) is 3.77. The summed E-state index contributed by atoms with van der Waals surface area (Å²) in [5.74, 6) is -0.619. The maximum absolute atomic E-state index is 12.8. The Kier molecular flexibility index (Phi) is 4.41. The number of anilines is 1. The topological polar surface area (TPSA) is 74.8 Å². The molecule has 0 aliphatic heterocycles. The standard InChI is InChI=1S/C16H10F3N3O2S/c17-16(18,19)10-3-1-2-9(6-10)15-22-12(8-25-15)14(24)21-11-7-20-5-4-13(11)23/h1-8H,(H,20,23)(H,21,24). The van der Waals surface area contributed by atoms with Crippen LogP contribution in [-0.2, 0) is 6.18 Å². The van der Waals surface area contributed by atoms with Gasteiger partial charge in [-0.1, -0.05) is 12.1 Å². The maximum Gasteiger partial charge on any atom is 0.416 e. The van der Waals surface area contributed by atoms with Gasteiger partial charge in [-0.15, -0.1) is 11.3 Å². The fourth-order valence-electron chi connectivity index (χ4n) is 2.04. The number of hydrogen-bond donors (Lipinski definition) is 2. The SMILES string of the molecule is O=C(Nc1c[nH]ccc1=O)c1csc(-c2cccc(C(F)(F)F)c2)n1. The number of carbonyl (C=O) groups is 1. The van der Waals surface area contributed by atoms with Gasteiger partial charge in [0.05, 0.1) is 5.56 Å². The normalized spacial score (nSPS) is 11.3. The quantitative estimate of drug-likeness (QED) is 0.742. The fourth-order valence-corrected chi connectivity index (χ4v) is 2.84. The molecule has 2 heterocycles. The van der Waals surface area contributed by atoms with Crippen molar-refractivity contribution in [2.75, 3.05) is 5.32 Å². The number of rotatable bonds is 3. The molecule has 0 saturated carbocycles. The van der Waals surface area contributed by atoms with Crippen LogP contribution >= 0.6 is 11.3 Å². The van der Waals surface area contributed by atoms with Crippen molar-refractivity contribution in [3.63, 3.8) is 0 Å². The largest absolute Gasteiger partial charge is 0.416 e. The summed E-state index contributed by atoms with van der Waals surface area (Å²) < 4.78 is 38.4. The first-order chi connectivity index (χ1) is 11.8. The Balaban J connectivity index is 1.84. The van der Waals surface area contributed by atoms with Crippen molar-refractivity contribution in [3.05, 3.63) is 69.6 Å². The molecule has 0 aliphatic carbocycles. The molecular formula is C16H10F3N3O2S. The van der Waals surface area contributed by atoms with Gasteiger partial charge in [-0.3, -0.25) is 9.59 Å². The van der Waals surface area contributed by atoms with E-state index in [0.717, 1.165) is 23.5 Å². The number of nitrogens with zero attached hydrogens (tertiary/aromatic N) is 1. The number of carbonyl (C=O) groups excluding carboxylic acids is 1. The molecule has 9 heteroatoms. The fraction of sp³-hybridized carbons (Fsp3) is 0.0625. The zero-order chi connectivity index (χ0) is 18.0. The Morgan fingerprint density at radius 2 is 2.04 bits per heavy atom. The summed E-state index contributed by atoms with van der Waals surface area (Å²) in [5.41, 5.74) is -0.833. The van der Waals surface area contributed by atoms with Gasteiger partial charge in [0.25, 0.3) is 5.91 Å². The number of benzene rings is 1. The van der Waals surface area contributed by atoms with E-state index in [0.29, 0.717) is 0 Å². The zero-order valence-corrected chi connectivity index (χ0v) is 13.2. The van der Waals surface area contributed by atoms with Crippen LogP contribution in [0, 0.1) is 0 Å². The van der Waals surface area contributed by atoms with E-state index in [4.69, 9.17) is 0 Å². The molecule has 1 aromatic carbocycles. The molecule has 0 saturated heterocycles. The first kappa shape index (κ1) is 16.9. The molecular weight excluding hydrogens is 355 g/mol. The van der Waals surface area contributed by atoms with Crippen molar-refractivity contribution < 1.29 is 18.0 Å². The van der Waals surface area contributed by atoms with Gasteiger partial charge in [0, 0.05) is 29.4 Å². The highest BCUT2D eigenvalue weighted by Gasteiger charge is 2.30. The lowest BCUT2D eigenvalue weighted by Crippen LogP contribution is -2.18. The average molecular weight is 365 g/mol. The first-order valence-corrected chi connectivity index (χ1v) is 7.84. The van der Waals surface area contributed by atoms with Crippen molar-refractivity contribution in [2.45, 2.75) is 6.18 Å². The number of aromatic nitrogens is 2. The highest BCUT2D eigenvalue weighted by Crippen LogP contribution is 2.33. The molecule has 3 aromatic rings. The predicted molar refractivity (Wildman–Crippen MR) is 87.6 cm³/mol. The van der Waals surface area contributed by atoms with E-state index in [2.05, 4.69) is 15.3 Å². The molecule has 5 nitrogen and oxygen atoms in total. The third-order valence-electron chi connectivity index (χ3n) is 3.25. The molecule has 2 N–H and O–H groups in total. The van der Waals surface area contributed by atoms with Crippen LogP contribution in [0.1, 0.15) is 16.1 Å². The summed E-state index contributed by atoms with van der Waals surface area (Å²) in [7, 11) is 0. The van der Waals surface area contributed by atoms with Crippen molar-refractivity contribution in [3.8, 4) is 10.6 Å². The van der Waals surface area contributed by atoms with Crippen LogP contribution in [0.2, 0.25) is 0 Å². The molecule has 2 aromatic heterocycles. The summed E-state index contributed by atoms with van der Waals surface area (Å²) >= 11 is 1.04. The highest BCUT2D eigenvalue weighted by molar-refractivity contribution is 7.13. The van der Waals surface area contributed by atoms with Crippen LogP contribution in [0.4, 0.5) is 18.9 Å². The van der Waals surface area contributed by atoms with Gasteiger partial charge in [0.1, 0.15) is 16.4 Å². The lowest BCUT2D eigenvalue weighted by Gasteiger charge is -2.07. The van der Waals surface area contributed by atoms with Gasteiger partial charge < -0.3 is 10.3 Å². The second kappa shape index (κ2) is 6.52. The van der Waals surface area contributed by atoms with E-state index in [1.807, 2.05) is 0 Å². The number of thiazole rings is 1. The smallest absolute Gasteiger partial charge is 0.366 e. The third-order valence-corrected chi connectivity index (χ3v) is 4.14. The number of halogens is 3. The molecule has 0 fully saturated rings. The minimum absolute atomic E-state index is 0.0145. The molecule has 0 unspecified atom stereocenters. The lowest BCUT2D eigenvalue weighted by molar-refractivity contribution is -0.137. The molecule has 0 bridgehead atoms. The maximum atomic E-state index is 12.8. The molecule has 3 rings (SSSR count). The van der Waals surface area contributed by atoms with E-state index in [9.17, 15) is 22.8 Å². The van der Waals surface area contributed by atoms with E-state index in [1.54, 1.807) is 0 Å². The molecule has 0 atom stereocenters. The molecule has 0 spiro atoms. The Bertz CT molecular complexity index is 979. The third kappa shape index (κ3) is 3.77. The molecule has 128 valence electrons. The van der Waals surface area contributed by atoms with E-state index >= 15 is 0 Å². The van der Waals surface area contributed by atoms with Gasteiger partial charge in [-0.25, -0.2) is 4.98 Å². The summed E-state index contributed by atoms with van der Waals surface area (Å²) in [6.45, 7) is 0. The van der Waals surface area contributed by atoms with Crippen LogP contribution < -0.4 is 10.7 Å². The zero-order valence-electron chi connectivity index (χ0n) is 12.4. The van der Waals surface area contributed by atoms with Crippen LogP contribution in [0.3, 0.4) is 0 Å². The number of hydrogen-bond acceptors (Lipinski definition) is 4. The molecule has 1 amide bonds. The van der Waals surface area contributed by atoms with E-state index in [1.165, 1.54) is 36.0 Å². The Morgan fingerprint density at radius 3 is 2.76 bits per heavy atom. The number of H-pyrrole nitrogens is 1. The second-order valence-electron chi connectivity index (χ2n) is 4.99. The molecule has 0 radical (unpaired) electrons. The van der Waals surface area contributed by atoms with Crippen LogP contribution in [0.25, 0.3) is 10.6 Å². The van der Waals surface area contributed by atoms with E-state index < -0.39 is 17.6 Å². The minimum Gasteiger partial charge on any atom is -0.366 e. The van der Waals surface area contributed by atoms with E-state index in [-0.39, 0.29) is 27.4 Å². The summed E-state index contributed by atoms with van der Waals surface area (Å²) in [6, 6.07) is 5.96. The van der Waals surface area contributed by atoms with Crippen molar-refractivity contribution in [1.82, 2.24) is 9.97 Å². The van der Waals surface area contributed by atoms with Crippen LogP contribution in [0.15, 0.2) is 52.9 Å². The van der Waals surface area contributed by atoms with Gasteiger partial charge in [-0.2, -0.15) is 13.2 Å². The van der Waals surface area contributed by atoms with Crippen LogP contribution in [0.5, 0.6) is 0 Å². The monoisotopic (exact) mass is 365 g/mol. The van der Waals surface area contributed by atoms with Crippen molar-refractivity contribution >= 4 is 22.9 Å². The Labute approximate surface area is 143 Å². The highest BCUT2D eigenvalue weighted by atomic mass is 32.1. The Hall–Kier alpha value is -2.94. The minimum atomic E-state index is -4.46. The second-order valence-corrected chi connectivity index (χ2v) is 5.85. The molecule has 25 heavy (non-hydrogen) atoms. The summed E-state index contributed by atoms with van der Waals surface area (Å²) in [4.78, 5) is 30.4. The van der Waals surface area contributed by atoms with Gasteiger partial charge in [0.15, 0.2) is 0 Å². The van der Waals surface area contributed by atoms with Gasteiger partial charge in [-0.05, 0) is 12.1 Å². The first-order valence-electron chi connectivity index (χ1n) is 6.96.